The Balaban J connectivity index is 1.40. The van der Waals surface area contributed by atoms with Crippen LogP contribution in [0.4, 0.5) is 4.39 Å². The monoisotopic (exact) mass is 530 g/mol. The van der Waals surface area contributed by atoms with Crippen LogP contribution in [0, 0.1) is 5.82 Å². The highest BCUT2D eigenvalue weighted by molar-refractivity contribution is 9.10. The van der Waals surface area contributed by atoms with Gasteiger partial charge in [0.05, 0.1) is 11.6 Å². The molecule has 4 rings (SSSR count). The molecule has 0 radical (unpaired) electrons. The average molecular weight is 532 g/mol. The molecule has 0 aliphatic carbocycles. The van der Waals surface area contributed by atoms with E-state index in [0.717, 1.165) is 28.5 Å². The molecule has 0 spiro atoms. The van der Waals surface area contributed by atoms with Gasteiger partial charge in [-0.3, -0.25) is 0 Å². The van der Waals surface area contributed by atoms with Gasteiger partial charge in [-0.05, 0) is 61.3 Å². The third kappa shape index (κ3) is 5.69. The molecule has 0 bridgehead atoms. The first-order valence-corrected chi connectivity index (χ1v) is 12.0. The summed E-state index contributed by atoms with van der Waals surface area (Å²) in [7, 11) is 0. The molecule has 0 fully saturated rings. The molecule has 0 aliphatic heterocycles. The predicted octanol–water partition coefficient (Wildman–Crippen LogP) is 7.03. The summed E-state index contributed by atoms with van der Waals surface area (Å²) in [6, 6.07) is 16.7. The standard InChI is InChI=1S/C26H25BrClFN2O2/c1-2-32-25-12-18(14-30-11-10-17-15-31-24-9-4-3-6-19(17)24)21(27)13-26(25)33-16-20-22(28)7-5-8-23(20)29/h3-9,12-13,15,30-31H,2,10-11,14,16H2,1H3. The molecular weight excluding hydrogens is 507 g/mol. The fourth-order valence-electron chi connectivity index (χ4n) is 3.70. The summed E-state index contributed by atoms with van der Waals surface area (Å²) >= 11 is 9.75. The van der Waals surface area contributed by atoms with Gasteiger partial charge in [0, 0.05) is 33.7 Å². The molecule has 7 heteroatoms. The summed E-state index contributed by atoms with van der Waals surface area (Å²) in [5.74, 6) is 0.753. The number of H-pyrrole nitrogens is 1. The van der Waals surface area contributed by atoms with E-state index in [9.17, 15) is 4.39 Å². The average Bonchev–Trinajstić information content (AvgIpc) is 3.22. The lowest BCUT2D eigenvalue weighted by atomic mass is 10.1. The van der Waals surface area contributed by atoms with Gasteiger partial charge < -0.3 is 19.8 Å². The van der Waals surface area contributed by atoms with Gasteiger partial charge in [-0.2, -0.15) is 0 Å². The summed E-state index contributed by atoms with van der Waals surface area (Å²) in [6.45, 7) is 3.93. The summed E-state index contributed by atoms with van der Waals surface area (Å²) < 4.78 is 26.7. The summed E-state index contributed by atoms with van der Waals surface area (Å²) in [5, 5.41) is 5.10. The Morgan fingerprint density at radius 1 is 1.03 bits per heavy atom. The van der Waals surface area contributed by atoms with Gasteiger partial charge in [0.25, 0.3) is 0 Å². The van der Waals surface area contributed by atoms with E-state index in [1.54, 1.807) is 12.1 Å². The number of hydrogen-bond acceptors (Lipinski definition) is 3. The Bertz CT molecular complexity index is 1220. The number of para-hydroxylation sites is 1. The minimum atomic E-state index is -0.393. The zero-order valence-corrected chi connectivity index (χ0v) is 20.6. The number of nitrogens with one attached hydrogen (secondary N) is 2. The van der Waals surface area contributed by atoms with Crippen LogP contribution in [0.2, 0.25) is 5.02 Å². The van der Waals surface area contributed by atoms with Crippen LogP contribution in [0.1, 0.15) is 23.6 Å². The molecule has 4 aromatic rings. The Morgan fingerprint density at radius 2 is 1.85 bits per heavy atom. The SMILES string of the molecule is CCOc1cc(CNCCc2c[nH]c3ccccc23)c(Br)cc1OCc1c(F)cccc1Cl. The molecule has 0 amide bonds. The first-order valence-electron chi connectivity index (χ1n) is 10.8. The van der Waals surface area contributed by atoms with Crippen LogP contribution in [0.25, 0.3) is 10.9 Å². The first-order chi connectivity index (χ1) is 16.1. The van der Waals surface area contributed by atoms with Gasteiger partial charge in [-0.15, -0.1) is 0 Å². The van der Waals surface area contributed by atoms with Crippen molar-refractivity contribution in [2.24, 2.45) is 0 Å². The third-order valence-electron chi connectivity index (χ3n) is 5.41. The summed E-state index contributed by atoms with van der Waals surface area (Å²) in [5.41, 5.74) is 3.82. The molecule has 0 saturated carbocycles. The maximum atomic E-state index is 14.1. The Labute approximate surface area is 206 Å². The van der Waals surface area contributed by atoms with Crippen LogP contribution >= 0.6 is 27.5 Å². The molecule has 3 aromatic carbocycles. The van der Waals surface area contributed by atoms with E-state index in [2.05, 4.69) is 50.6 Å². The Morgan fingerprint density at radius 3 is 2.67 bits per heavy atom. The number of aromatic nitrogens is 1. The Kier molecular flexibility index (Phi) is 7.91. The normalized spacial score (nSPS) is 11.2. The molecule has 33 heavy (non-hydrogen) atoms. The number of rotatable bonds is 10. The quantitative estimate of drug-likeness (QED) is 0.216. The van der Waals surface area contributed by atoms with Crippen molar-refractivity contribution >= 4 is 38.4 Å². The van der Waals surface area contributed by atoms with Crippen molar-refractivity contribution in [3.8, 4) is 11.5 Å². The van der Waals surface area contributed by atoms with Crippen molar-refractivity contribution in [2.75, 3.05) is 13.2 Å². The second-order valence-corrected chi connectivity index (χ2v) is 8.86. The van der Waals surface area contributed by atoms with Crippen LogP contribution in [-0.2, 0) is 19.6 Å². The lowest BCUT2D eigenvalue weighted by molar-refractivity contribution is 0.265. The third-order valence-corrected chi connectivity index (χ3v) is 6.50. The van der Waals surface area contributed by atoms with Gasteiger partial charge >= 0.3 is 0 Å². The van der Waals surface area contributed by atoms with E-state index in [0.29, 0.717) is 35.2 Å². The largest absolute Gasteiger partial charge is 0.490 e. The zero-order valence-electron chi connectivity index (χ0n) is 18.3. The van der Waals surface area contributed by atoms with Gasteiger partial charge in [0.2, 0.25) is 0 Å². The van der Waals surface area contributed by atoms with E-state index in [4.69, 9.17) is 21.1 Å². The molecule has 2 N–H and O–H groups in total. The van der Waals surface area contributed by atoms with Crippen molar-refractivity contribution in [3.63, 3.8) is 0 Å². The zero-order chi connectivity index (χ0) is 23.2. The molecule has 0 atom stereocenters. The smallest absolute Gasteiger partial charge is 0.162 e. The van der Waals surface area contributed by atoms with E-state index >= 15 is 0 Å². The van der Waals surface area contributed by atoms with Gasteiger partial charge in [-0.1, -0.05) is 51.8 Å². The molecule has 172 valence electrons. The maximum absolute atomic E-state index is 14.1. The molecule has 0 unspecified atom stereocenters. The van der Waals surface area contributed by atoms with Crippen LogP contribution in [0.5, 0.6) is 11.5 Å². The molecule has 1 aromatic heterocycles. The summed E-state index contributed by atoms with van der Waals surface area (Å²) in [4.78, 5) is 3.32. The topological polar surface area (TPSA) is 46.3 Å². The van der Waals surface area contributed by atoms with Crippen LogP contribution < -0.4 is 14.8 Å². The first kappa shape index (κ1) is 23.6. The minimum absolute atomic E-state index is 0.0141. The van der Waals surface area contributed by atoms with E-state index in [1.807, 2.05) is 25.1 Å². The number of halogens is 3. The maximum Gasteiger partial charge on any atom is 0.162 e. The molecule has 1 heterocycles. The van der Waals surface area contributed by atoms with Gasteiger partial charge in [0.1, 0.15) is 12.4 Å². The lowest BCUT2D eigenvalue weighted by Gasteiger charge is -2.16. The number of fused-ring (bicyclic) bond motifs is 1. The van der Waals surface area contributed by atoms with Crippen molar-refractivity contribution in [2.45, 2.75) is 26.5 Å². The second-order valence-electron chi connectivity index (χ2n) is 7.60. The molecule has 0 aliphatic rings. The fourth-order valence-corrected chi connectivity index (χ4v) is 4.38. The molecule has 4 nitrogen and oxygen atoms in total. The molecule has 0 saturated heterocycles. The predicted molar refractivity (Wildman–Crippen MR) is 135 cm³/mol. The van der Waals surface area contributed by atoms with E-state index in [-0.39, 0.29) is 6.61 Å². The van der Waals surface area contributed by atoms with Crippen LogP contribution in [0.15, 0.2) is 65.3 Å². The number of benzene rings is 3. The van der Waals surface area contributed by atoms with Gasteiger partial charge in [0.15, 0.2) is 11.5 Å². The van der Waals surface area contributed by atoms with Crippen molar-refractivity contribution in [3.05, 3.63) is 92.8 Å². The van der Waals surface area contributed by atoms with E-state index in [1.165, 1.54) is 17.0 Å². The number of aromatic amines is 1. The number of hydrogen-bond donors (Lipinski definition) is 2. The van der Waals surface area contributed by atoms with Crippen molar-refractivity contribution < 1.29 is 13.9 Å². The minimum Gasteiger partial charge on any atom is -0.490 e. The summed E-state index contributed by atoms with van der Waals surface area (Å²) in [6.07, 6.45) is 2.99. The fraction of sp³-hybridized carbons (Fsp3) is 0.231. The highest BCUT2D eigenvalue weighted by atomic mass is 79.9. The highest BCUT2D eigenvalue weighted by Gasteiger charge is 2.14. The van der Waals surface area contributed by atoms with Gasteiger partial charge in [-0.25, -0.2) is 4.39 Å². The van der Waals surface area contributed by atoms with Crippen LogP contribution in [-0.4, -0.2) is 18.1 Å². The Hall–Kier alpha value is -2.54. The lowest BCUT2D eigenvalue weighted by Crippen LogP contribution is -2.17. The van der Waals surface area contributed by atoms with E-state index < -0.39 is 5.82 Å². The highest BCUT2D eigenvalue weighted by Crippen LogP contribution is 2.35. The van der Waals surface area contributed by atoms with Crippen molar-refractivity contribution in [1.82, 2.24) is 10.3 Å². The second kappa shape index (κ2) is 11.1. The van der Waals surface area contributed by atoms with Crippen molar-refractivity contribution in [1.29, 1.82) is 0 Å². The number of ether oxygens (including phenoxy) is 2. The van der Waals surface area contributed by atoms with Crippen LogP contribution in [0.3, 0.4) is 0 Å². The molecular formula is C26H25BrClFN2O2.